The van der Waals surface area contributed by atoms with Crippen LogP contribution in [0, 0.1) is 13.8 Å². The van der Waals surface area contributed by atoms with Crippen LogP contribution in [-0.4, -0.2) is 5.91 Å². The fourth-order valence-corrected chi connectivity index (χ4v) is 1.55. The molecule has 1 N–H and O–H groups in total. The Hall–Kier alpha value is -1.31. The van der Waals surface area contributed by atoms with Gasteiger partial charge in [0, 0.05) is 5.69 Å². The molecule has 1 aromatic carbocycles. The van der Waals surface area contributed by atoms with Crippen LogP contribution in [0.4, 0.5) is 5.69 Å². The highest BCUT2D eigenvalue weighted by atomic mass is 16.1. The number of carbonyl (C=O) groups is 1. The molecule has 1 heterocycles. The van der Waals surface area contributed by atoms with Crippen molar-refractivity contribution in [3.8, 4) is 0 Å². The van der Waals surface area contributed by atoms with Crippen molar-refractivity contribution in [2.45, 2.75) is 20.3 Å². The highest BCUT2D eigenvalue weighted by Crippen LogP contribution is 2.28. The maximum atomic E-state index is 11.1. The summed E-state index contributed by atoms with van der Waals surface area (Å²) in [5.74, 6) is 0.110. The van der Waals surface area contributed by atoms with E-state index in [-0.39, 0.29) is 5.91 Å². The van der Waals surface area contributed by atoms with E-state index in [9.17, 15) is 4.79 Å². The molecule has 0 aliphatic carbocycles. The Morgan fingerprint density at radius 1 is 1.33 bits per heavy atom. The summed E-state index contributed by atoms with van der Waals surface area (Å²) >= 11 is 0. The van der Waals surface area contributed by atoms with E-state index in [4.69, 9.17) is 0 Å². The highest BCUT2D eigenvalue weighted by Gasteiger charge is 2.19. The van der Waals surface area contributed by atoms with Crippen LogP contribution in [0.1, 0.15) is 16.7 Å². The molecular formula is C10H11NO. The zero-order valence-electron chi connectivity index (χ0n) is 7.27. The smallest absolute Gasteiger partial charge is 0.228 e. The van der Waals surface area contributed by atoms with E-state index in [2.05, 4.69) is 18.3 Å². The minimum Gasteiger partial charge on any atom is -0.325 e. The summed E-state index contributed by atoms with van der Waals surface area (Å²) in [6.07, 6.45) is 0.538. The van der Waals surface area contributed by atoms with Crippen LogP contribution in [0.15, 0.2) is 12.1 Å². The number of hydrogen-bond donors (Lipinski definition) is 1. The van der Waals surface area contributed by atoms with Crippen LogP contribution in [0.5, 0.6) is 0 Å². The first-order valence-electron chi connectivity index (χ1n) is 4.07. The Morgan fingerprint density at radius 3 is 2.83 bits per heavy atom. The summed E-state index contributed by atoms with van der Waals surface area (Å²) in [6, 6.07) is 4.09. The molecule has 62 valence electrons. The van der Waals surface area contributed by atoms with Gasteiger partial charge in [-0.2, -0.15) is 0 Å². The fraction of sp³-hybridized carbons (Fsp3) is 0.300. The molecule has 0 unspecified atom stereocenters. The lowest BCUT2D eigenvalue weighted by atomic mass is 10.0. The molecule has 1 aliphatic rings. The van der Waals surface area contributed by atoms with E-state index < -0.39 is 0 Å². The number of fused-ring (bicyclic) bond motifs is 1. The average molecular weight is 161 g/mol. The highest BCUT2D eigenvalue weighted by molar-refractivity contribution is 6.00. The first-order chi connectivity index (χ1) is 5.68. The molecule has 0 fully saturated rings. The summed E-state index contributed by atoms with van der Waals surface area (Å²) in [6.45, 7) is 4.10. The summed E-state index contributed by atoms with van der Waals surface area (Å²) in [4.78, 5) is 11.1. The first-order valence-corrected chi connectivity index (χ1v) is 4.07. The molecule has 0 saturated heterocycles. The number of carbonyl (C=O) groups excluding carboxylic acids is 1. The number of rotatable bonds is 0. The lowest BCUT2D eigenvalue weighted by Crippen LogP contribution is -2.04. The van der Waals surface area contributed by atoms with Crippen molar-refractivity contribution in [1.82, 2.24) is 0 Å². The predicted molar refractivity (Wildman–Crippen MR) is 48.2 cm³/mol. The molecule has 2 heteroatoms. The van der Waals surface area contributed by atoms with Crippen LogP contribution in [-0.2, 0) is 11.2 Å². The topological polar surface area (TPSA) is 29.1 Å². The van der Waals surface area contributed by atoms with E-state index in [0.717, 1.165) is 11.3 Å². The van der Waals surface area contributed by atoms with E-state index in [1.807, 2.05) is 13.0 Å². The van der Waals surface area contributed by atoms with Crippen molar-refractivity contribution < 1.29 is 4.79 Å². The van der Waals surface area contributed by atoms with Crippen LogP contribution < -0.4 is 5.32 Å². The molecule has 0 aromatic heterocycles. The number of hydrogen-bond acceptors (Lipinski definition) is 1. The Bertz CT molecular complexity index is 355. The Kier molecular flexibility index (Phi) is 1.43. The summed E-state index contributed by atoms with van der Waals surface area (Å²) < 4.78 is 0. The van der Waals surface area contributed by atoms with Gasteiger partial charge >= 0.3 is 0 Å². The van der Waals surface area contributed by atoms with Gasteiger partial charge in [-0.25, -0.2) is 0 Å². The van der Waals surface area contributed by atoms with Crippen molar-refractivity contribution >= 4 is 11.6 Å². The van der Waals surface area contributed by atoms with Gasteiger partial charge in [0.25, 0.3) is 0 Å². The second kappa shape index (κ2) is 2.34. The van der Waals surface area contributed by atoms with Gasteiger partial charge in [-0.05, 0) is 30.5 Å². The largest absolute Gasteiger partial charge is 0.325 e. The Balaban J connectivity index is 2.61. The van der Waals surface area contributed by atoms with Crippen molar-refractivity contribution in [3.63, 3.8) is 0 Å². The summed E-state index contributed by atoms with van der Waals surface area (Å²) in [5.41, 5.74) is 4.58. The summed E-state index contributed by atoms with van der Waals surface area (Å²) in [5, 5.41) is 2.87. The Morgan fingerprint density at radius 2 is 2.08 bits per heavy atom. The zero-order valence-corrected chi connectivity index (χ0v) is 7.27. The fourth-order valence-electron chi connectivity index (χ4n) is 1.55. The van der Waals surface area contributed by atoms with Gasteiger partial charge in [-0.3, -0.25) is 4.79 Å². The van der Waals surface area contributed by atoms with Crippen molar-refractivity contribution in [2.75, 3.05) is 5.32 Å². The number of anilines is 1. The average Bonchev–Trinajstić information content (AvgIpc) is 2.39. The first kappa shape index (κ1) is 7.35. The third-order valence-electron chi connectivity index (χ3n) is 2.44. The van der Waals surface area contributed by atoms with Crippen LogP contribution in [0.2, 0.25) is 0 Å². The van der Waals surface area contributed by atoms with Gasteiger partial charge in [0.1, 0.15) is 0 Å². The van der Waals surface area contributed by atoms with Gasteiger partial charge in [-0.15, -0.1) is 0 Å². The van der Waals surface area contributed by atoms with E-state index in [1.54, 1.807) is 0 Å². The van der Waals surface area contributed by atoms with E-state index >= 15 is 0 Å². The SMILES string of the molecule is Cc1ccc2c(c1C)NC(=O)C2. The Labute approximate surface area is 71.6 Å². The zero-order chi connectivity index (χ0) is 8.72. The second-order valence-corrected chi connectivity index (χ2v) is 3.27. The molecule has 12 heavy (non-hydrogen) atoms. The minimum atomic E-state index is 0.110. The molecule has 1 aromatic rings. The van der Waals surface area contributed by atoms with Gasteiger partial charge in [0.15, 0.2) is 0 Å². The molecule has 2 rings (SSSR count). The van der Waals surface area contributed by atoms with Gasteiger partial charge in [0.2, 0.25) is 5.91 Å². The molecule has 0 radical (unpaired) electrons. The van der Waals surface area contributed by atoms with Gasteiger partial charge in [0.05, 0.1) is 6.42 Å². The molecule has 0 saturated carbocycles. The minimum absolute atomic E-state index is 0.110. The molecular weight excluding hydrogens is 150 g/mol. The van der Waals surface area contributed by atoms with Crippen LogP contribution in [0.25, 0.3) is 0 Å². The molecule has 1 amide bonds. The predicted octanol–water partition coefficient (Wildman–Crippen LogP) is 1.80. The normalized spacial score (nSPS) is 14.3. The van der Waals surface area contributed by atoms with Crippen LogP contribution >= 0.6 is 0 Å². The monoisotopic (exact) mass is 161 g/mol. The van der Waals surface area contributed by atoms with Crippen LogP contribution in [0.3, 0.4) is 0 Å². The second-order valence-electron chi connectivity index (χ2n) is 3.27. The van der Waals surface area contributed by atoms with Crippen molar-refractivity contribution in [3.05, 3.63) is 28.8 Å². The maximum Gasteiger partial charge on any atom is 0.228 e. The third-order valence-corrected chi connectivity index (χ3v) is 2.44. The number of aryl methyl sites for hydroxylation is 1. The lowest BCUT2D eigenvalue weighted by Gasteiger charge is -2.05. The molecule has 1 aliphatic heterocycles. The summed E-state index contributed by atoms with van der Waals surface area (Å²) in [7, 11) is 0. The molecule has 0 bridgehead atoms. The van der Waals surface area contributed by atoms with Crippen molar-refractivity contribution in [1.29, 1.82) is 0 Å². The molecule has 0 atom stereocenters. The maximum absolute atomic E-state index is 11.1. The number of amides is 1. The van der Waals surface area contributed by atoms with Crippen molar-refractivity contribution in [2.24, 2.45) is 0 Å². The number of nitrogens with one attached hydrogen (secondary N) is 1. The van der Waals surface area contributed by atoms with E-state index in [0.29, 0.717) is 6.42 Å². The molecule has 2 nitrogen and oxygen atoms in total. The van der Waals surface area contributed by atoms with E-state index in [1.165, 1.54) is 11.1 Å². The quantitative estimate of drug-likeness (QED) is 0.617. The standard InChI is InChI=1S/C10H11NO/c1-6-3-4-8-5-9(12)11-10(8)7(6)2/h3-4H,5H2,1-2H3,(H,11,12). The third kappa shape index (κ3) is 0.916. The molecule has 0 spiro atoms. The van der Waals surface area contributed by atoms with Gasteiger partial charge in [-0.1, -0.05) is 12.1 Å². The van der Waals surface area contributed by atoms with Gasteiger partial charge < -0.3 is 5.32 Å². The lowest BCUT2D eigenvalue weighted by molar-refractivity contribution is -0.115. The number of benzene rings is 1.